The minimum absolute atomic E-state index is 0.0947. The van der Waals surface area contributed by atoms with Crippen molar-refractivity contribution in [2.45, 2.75) is 57.8 Å². The molecule has 0 atom stereocenters. The Labute approximate surface area is 167 Å². The van der Waals surface area contributed by atoms with E-state index in [1.165, 1.54) is 25.3 Å². The molecule has 1 saturated carbocycles. The third-order valence-electron chi connectivity index (χ3n) is 6.06. The van der Waals surface area contributed by atoms with Crippen LogP contribution in [0.25, 0.3) is 0 Å². The van der Waals surface area contributed by atoms with Crippen molar-refractivity contribution in [2.75, 3.05) is 37.6 Å². The molecule has 0 unspecified atom stereocenters. The fourth-order valence-electron chi connectivity index (χ4n) is 4.33. The molecular weight excluding hydrogens is 356 g/mol. The number of carbonyl (C=O) groups excluding carboxylic acids is 1. The quantitative estimate of drug-likeness (QED) is 0.363. The number of hydrogen-bond donors (Lipinski definition) is 0. The monoisotopic (exact) mass is 388 g/mol. The van der Waals surface area contributed by atoms with Gasteiger partial charge in [-0.05, 0) is 48.2 Å². The second-order valence-electron chi connectivity index (χ2n) is 8.05. The Morgan fingerprint density at radius 1 is 1.07 bits per heavy atom. The maximum atomic E-state index is 12.2. The van der Waals surface area contributed by atoms with Crippen LogP contribution in [0.15, 0.2) is 18.2 Å². The number of Topliss-reactive ketones (excluding diaryl/α,β-unsaturated/α-hetero) is 1. The van der Waals surface area contributed by atoms with Crippen molar-refractivity contribution in [3.63, 3.8) is 0 Å². The molecular formula is C21H32N4O3. The van der Waals surface area contributed by atoms with Gasteiger partial charge in [-0.15, -0.1) is 0 Å². The molecule has 0 amide bonds. The van der Waals surface area contributed by atoms with E-state index in [2.05, 4.69) is 14.8 Å². The SMILES string of the molecule is O=C(CCCCCN1CCN(c2cccc([N+](=O)[O-])n2)CC1)C1CCCCC1. The van der Waals surface area contributed by atoms with E-state index in [0.29, 0.717) is 17.5 Å². The number of pyridine rings is 1. The van der Waals surface area contributed by atoms with Crippen molar-refractivity contribution in [1.82, 2.24) is 9.88 Å². The van der Waals surface area contributed by atoms with Crippen molar-refractivity contribution < 1.29 is 9.72 Å². The lowest BCUT2D eigenvalue weighted by molar-refractivity contribution is -0.389. The van der Waals surface area contributed by atoms with Gasteiger partial charge in [-0.1, -0.05) is 25.7 Å². The van der Waals surface area contributed by atoms with Crippen LogP contribution < -0.4 is 4.90 Å². The summed E-state index contributed by atoms with van der Waals surface area (Å²) in [6.45, 7) is 4.65. The van der Waals surface area contributed by atoms with Crippen LogP contribution in [0.1, 0.15) is 57.8 Å². The summed E-state index contributed by atoms with van der Waals surface area (Å²) in [5, 5.41) is 10.9. The van der Waals surface area contributed by atoms with Gasteiger partial charge in [0.05, 0.1) is 0 Å². The lowest BCUT2D eigenvalue weighted by Gasteiger charge is -2.34. The first-order chi connectivity index (χ1) is 13.6. The van der Waals surface area contributed by atoms with E-state index in [1.54, 1.807) is 6.07 Å². The fraction of sp³-hybridized carbons (Fsp3) is 0.714. The van der Waals surface area contributed by atoms with Gasteiger partial charge in [0.1, 0.15) is 5.78 Å². The molecule has 1 saturated heterocycles. The number of aromatic nitrogens is 1. The average molecular weight is 389 g/mol. The molecule has 1 aliphatic carbocycles. The number of rotatable bonds is 9. The number of carbonyl (C=O) groups is 1. The maximum absolute atomic E-state index is 12.2. The van der Waals surface area contributed by atoms with Gasteiger partial charge in [0.25, 0.3) is 0 Å². The number of anilines is 1. The first kappa shape index (κ1) is 20.7. The maximum Gasteiger partial charge on any atom is 0.365 e. The number of piperazine rings is 1. The fourth-order valence-corrected chi connectivity index (χ4v) is 4.33. The van der Waals surface area contributed by atoms with Crippen molar-refractivity contribution in [1.29, 1.82) is 0 Å². The van der Waals surface area contributed by atoms with E-state index in [9.17, 15) is 14.9 Å². The van der Waals surface area contributed by atoms with Crippen molar-refractivity contribution >= 4 is 17.4 Å². The Morgan fingerprint density at radius 3 is 2.54 bits per heavy atom. The third-order valence-corrected chi connectivity index (χ3v) is 6.06. The first-order valence-corrected chi connectivity index (χ1v) is 10.7. The topological polar surface area (TPSA) is 79.6 Å². The van der Waals surface area contributed by atoms with Crippen LogP contribution >= 0.6 is 0 Å². The van der Waals surface area contributed by atoms with Gasteiger partial charge in [0.2, 0.25) is 5.82 Å². The van der Waals surface area contributed by atoms with Gasteiger partial charge in [0.15, 0.2) is 0 Å². The zero-order valence-electron chi connectivity index (χ0n) is 16.7. The molecule has 28 heavy (non-hydrogen) atoms. The molecule has 2 aliphatic rings. The molecule has 7 heteroatoms. The van der Waals surface area contributed by atoms with Gasteiger partial charge in [0, 0.05) is 50.7 Å². The molecule has 2 fully saturated rings. The van der Waals surface area contributed by atoms with Crippen LogP contribution in [0, 0.1) is 16.0 Å². The van der Waals surface area contributed by atoms with Gasteiger partial charge in [-0.2, -0.15) is 0 Å². The largest absolute Gasteiger partial charge is 0.365 e. The molecule has 0 bridgehead atoms. The second kappa shape index (κ2) is 10.5. The van der Waals surface area contributed by atoms with E-state index in [1.807, 2.05) is 6.07 Å². The summed E-state index contributed by atoms with van der Waals surface area (Å²) in [4.78, 5) is 31.4. The number of nitrogens with zero attached hydrogens (tertiary/aromatic N) is 4. The van der Waals surface area contributed by atoms with Crippen LogP contribution in [-0.4, -0.2) is 53.3 Å². The minimum atomic E-state index is -0.446. The van der Waals surface area contributed by atoms with Crippen LogP contribution in [0.4, 0.5) is 11.6 Å². The van der Waals surface area contributed by atoms with E-state index in [4.69, 9.17) is 0 Å². The van der Waals surface area contributed by atoms with Gasteiger partial charge in [-0.3, -0.25) is 9.69 Å². The summed E-state index contributed by atoms with van der Waals surface area (Å²) in [7, 11) is 0. The van der Waals surface area contributed by atoms with Gasteiger partial charge >= 0.3 is 5.82 Å². The highest BCUT2D eigenvalue weighted by Gasteiger charge is 2.22. The van der Waals surface area contributed by atoms with Crippen LogP contribution in [0.5, 0.6) is 0 Å². The average Bonchev–Trinajstić information content (AvgIpc) is 2.74. The number of nitro groups is 1. The van der Waals surface area contributed by atoms with E-state index in [-0.39, 0.29) is 5.82 Å². The zero-order valence-corrected chi connectivity index (χ0v) is 16.7. The summed E-state index contributed by atoms with van der Waals surface area (Å²) in [5.74, 6) is 1.44. The number of ketones is 1. The lowest BCUT2D eigenvalue weighted by atomic mass is 9.84. The van der Waals surface area contributed by atoms with Crippen molar-refractivity contribution in [3.05, 3.63) is 28.3 Å². The third kappa shape index (κ3) is 5.99. The molecule has 2 heterocycles. The normalized spacial score (nSPS) is 18.9. The molecule has 1 aromatic rings. The highest BCUT2D eigenvalue weighted by atomic mass is 16.6. The molecule has 1 aromatic heterocycles. The molecule has 1 aliphatic heterocycles. The number of unbranched alkanes of at least 4 members (excludes halogenated alkanes) is 2. The standard InChI is InChI=1S/C21H32N4O3/c26-19(18-8-3-1-4-9-18)10-5-2-6-13-23-14-16-24(17-15-23)20-11-7-12-21(22-20)25(27)28/h7,11-12,18H,1-6,8-10,13-17H2. The Morgan fingerprint density at radius 2 is 1.82 bits per heavy atom. The lowest BCUT2D eigenvalue weighted by Crippen LogP contribution is -2.46. The molecule has 0 spiro atoms. The Kier molecular flexibility index (Phi) is 7.77. The Bertz CT molecular complexity index is 653. The zero-order chi connectivity index (χ0) is 19.8. The summed E-state index contributed by atoms with van der Waals surface area (Å²) in [6, 6.07) is 4.96. The molecule has 7 nitrogen and oxygen atoms in total. The van der Waals surface area contributed by atoms with E-state index < -0.39 is 4.92 Å². The molecule has 0 aromatic carbocycles. The Hall–Kier alpha value is -2.02. The van der Waals surface area contributed by atoms with Crippen molar-refractivity contribution in [2.24, 2.45) is 5.92 Å². The second-order valence-corrected chi connectivity index (χ2v) is 8.05. The summed E-state index contributed by atoms with van der Waals surface area (Å²) < 4.78 is 0. The molecule has 154 valence electrons. The predicted molar refractivity (Wildman–Crippen MR) is 110 cm³/mol. The first-order valence-electron chi connectivity index (χ1n) is 10.7. The molecule has 0 radical (unpaired) electrons. The Balaban J connectivity index is 1.30. The van der Waals surface area contributed by atoms with Gasteiger partial charge in [-0.25, -0.2) is 0 Å². The van der Waals surface area contributed by atoms with E-state index >= 15 is 0 Å². The number of hydrogen-bond acceptors (Lipinski definition) is 6. The highest BCUT2D eigenvalue weighted by molar-refractivity contribution is 5.80. The van der Waals surface area contributed by atoms with Gasteiger partial charge < -0.3 is 15.0 Å². The smallest absolute Gasteiger partial charge is 0.358 e. The highest BCUT2D eigenvalue weighted by Crippen LogP contribution is 2.26. The van der Waals surface area contributed by atoms with Crippen LogP contribution in [0.3, 0.4) is 0 Å². The van der Waals surface area contributed by atoms with Crippen LogP contribution in [0.2, 0.25) is 0 Å². The van der Waals surface area contributed by atoms with Crippen LogP contribution in [-0.2, 0) is 4.79 Å². The summed E-state index contributed by atoms with van der Waals surface area (Å²) in [5.41, 5.74) is 0. The predicted octanol–water partition coefficient (Wildman–Crippen LogP) is 3.82. The van der Waals surface area contributed by atoms with E-state index in [0.717, 1.165) is 71.2 Å². The molecule has 0 N–H and O–H groups in total. The summed E-state index contributed by atoms with van der Waals surface area (Å²) in [6.07, 6.45) is 10.0. The summed E-state index contributed by atoms with van der Waals surface area (Å²) >= 11 is 0. The minimum Gasteiger partial charge on any atom is -0.358 e. The molecule has 3 rings (SSSR count). The van der Waals surface area contributed by atoms with Crippen molar-refractivity contribution in [3.8, 4) is 0 Å².